The highest BCUT2D eigenvalue weighted by atomic mass is 32.1. The van der Waals surface area contributed by atoms with Crippen molar-refractivity contribution in [3.63, 3.8) is 0 Å². The Morgan fingerprint density at radius 3 is 2.58 bits per heavy atom. The maximum Gasteiger partial charge on any atom is 0.259 e. The number of rotatable bonds is 11. The van der Waals surface area contributed by atoms with E-state index in [1.54, 1.807) is 29.7 Å². The maximum absolute atomic E-state index is 13.2. The number of hydrogen-bond acceptors (Lipinski definition) is 5. The lowest BCUT2D eigenvalue weighted by Crippen LogP contribution is -2.15. The SMILES string of the molecule is C=C(c1cc(-c2ccc(CNc3ncccc3C(=O)Nc3ccc(F)cc3)s2)ccc1N=C[C@H](C)CC)C(C)C. The van der Waals surface area contributed by atoms with Crippen LogP contribution >= 0.6 is 11.3 Å². The van der Waals surface area contributed by atoms with Crippen LogP contribution in [0.15, 0.2) is 84.5 Å². The number of thiophene rings is 1. The number of nitrogens with one attached hydrogen (secondary N) is 2. The van der Waals surface area contributed by atoms with Gasteiger partial charge in [-0.15, -0.1) is 11.3 Å². The Balaban J connectivity index is 1.50. The number of halogens is 1. The number of pyridine rings is 1. The number of carbonyl (C=O) groups is 1. The van der Waals surface area contributed by atoms with Crippen LogP contribution in [0.2, 0.25) is 0 Å². The molecule has 0 radical (unpaired) electrons. The second-order valence-electron chi connectivity index (χ2n) is 10.1. The standard InChI is InChI=1S/C33H35FN4OS/c1-6-22(4)19-36-30-15-9-24(18-29(30)23(5)21(2)3)31-16-14-27(40-31)20-37-32-28(8-7-17-35-32)33(39)38-26-12-10-25(34)11-13-26/h7-19,21-22H,5-6,20H2,1-4H3,(H,35,37)(H,38,39)/t22-/m1/s1. The summed E-state index contributed by atoms with van der Waals surface area (Å²) in [6.45, 7) is 13.5. The summed E-state index contributed by atoms with van der Waals surface area (Å²) < 4.78 is 13.2. The van der Waals surface area contributed by atoms with E-state index >= 15 is 0 Å². The quantitative estimate of drug-likeness (QED) is 0.182. The third-order valence-corrected chi connectivity index (χ3v) is 7.82. The Kier molecular flexibility index (Phi) is 9.61. The second kappa shape index (κ2) is 13.3. The first-order valence-electron chi connectivity index (χ1n) is 13.5. The van der Waals surface area contributed by atoms with Crippen molar-refractivity contribution < 1.29 is 9.18 Å². The smallest absolute Gasteiger partial charge is 0.259 e. The minimum atomic E-state index is -0.357. The second-order valence-corrected chi connectivity index (χ2v) is 11.2. The predicted octanol–water partition coefficient (Wildman–Crippen LogP) is 9.23. The molecule has 0 fully saturated rings. The number of nitrogens with zero attached hydrogens (tertiary/aromatic N) is 2. The lowest BCUT2D eigenvalue weighted by Gasteiger charge is -2.14. The highest BCUT2D eigenvalue weighted by Gasteiger charge is 2.15. The third kappa shape index (κ3) is 7.30. The van der Waals surface area contributed by atoms with E-state index in [1.165, 1.54) is 24.3 Å². The molecule has 0 saturated heterocycles. The molecule has 0 aliphatic rings. The Hall–Kier alpha value is -4.10. The van der Waals surface area contributed by atoms with Crippen LogP contribution in [0, 0.1) is 17.7 Å². The molecule has 4 rings (SSSR count). The number of benzene rings is 2. The summed E-state index contributed by atoms with van der Waals surface area (Å²) >= 11 is 1.69. The summed E-state index contributed by atoms with van der Waals surface area (Å²) in [6.07, 6.45) is 4.71. The van der Waals surface area contributed by atoms with Gasteiger partial charge >= 0.3 is 0 Å². The van der Waals surface area contributed by atoms with Gasteiger partial charge in [-0.2, -0.15) is 0 Å². The summed E-state index contributed by atoms with van der Waals surface area (Å²) in [6, 6.07) is 19.7. The number of carbonyl (C=O) groups excluding carboxylic acids is 1. The molecule has 2 heterocycles. The number of aliphatic imine (C=N–C) groups is 1. The van der Waals surface area contributed by atoms with Crippen molar-refractivity contribution in [2.45, 2.75) is 40.7 Å². The van der Waals surface area contributed by atoms with E-state index in [1.807, 2.05) is 6.21 Å². The third-order valence-electron chi connectivity index (χ3n) is 6.68. The Morgan fingerprint density at radius 1 is 1.07 bits per heavy atom. The largest absolute Gasteiger partial charge is 0.365 e. The molecular weight excluding hydrogens is 519 g/mol. The van der Waals surface area contributed by atoms with E-state index in [9.17, 15) is 9.18 Å². The van der Waals surface area contributed by atoms with Crippen LogP contribution < -0.4 is 10.6 Å². The zero-order valence-corrected chi connectivity index (χ0v) is 24.2. The fourth-order valence-corrected chi connectivity index (χ4v) is 4.89. The van der Waals surface area contributed by atoms with Gasteiger partial charge in [-0.25, -0.2) is 9.37 Å². The molecule has 206 valence electrons. The topological polar surface area (TPSA) is 66.4 Å². The molecule has 1 atom stereocenters. The van der Waals surface area contributed by atoms with E-state index in [4.69, 9.17) is 4.99 Å². The van der Waals surface area contributed by atoms with Gasteiger partial charge in [-0.3, -0.25) is 9.79 Å². The van der Waals surface area contributed by atoms with E-state index in [-0.39, 0.29) is 11.7 Å². The minimum Gasteiger partial charge on any atom is -0.365 e. The molecule has 0 bridgehead atoms. The molecule has 2 aromatic carbocycles. The van der Waals surface area contributed by atoms with Gasteiger partial charge in [0, 0.05) is 33.4 Å². The van der Waals surface area contributed by atoms with Gasteiger partial charge in [0.25, 0.3) is 5.91 Å². The molecule has 0 saturated carbocycles. The van der Waals surface area contributed by atoms with Gasteiger partial charge in [0.2, 0.25) is 0 Å². The number of hydrogen-bond donors (Lipinski definition) is 2. The predicted molar refractivity (Wildman–Crippen MR) is 167 cm³/mol. The molecule has 0 aliphatic heterocycles. The monoisotopic (exact) mass is 554 g/mol. The normalized spacial score (nSPS) is 12.1. The number of anilines is 2. The molecule has 2 aromatic heterocycles. The maximum atomic E-state index is 13.2. The fourth-order valence-electron chi connectivity index (χ4n) is 3.94. The Labute approximate surface area is 239 Å². The van der Waals surface area contributed by atoms with Gasteiger partial charge in [-0.1, -0.05) is 40.3 Å². The average molecular weight is 555 g/mol. The van der Waals surface area contributed by atoms with Gasteiger partial charge in [-0.05, 0) is 90.1 Å². The lowest BCUT2D eigenvalue weighted by molar-refractivity contribution is 0.102. The average Bonchev–Trinajstić information content (AvgIpc) is 3.44. The van der Waals surface area contributed by atoms with E-state index in [0.717, 1.165) is 38.6 Å². The zero-order valence-electron chi connectivity index (χ0n) is 23.4. The minimum absolute atomic E-state index is 0.309. The van der Waals surface area contributed by atoms with E-state index in [0.29, 0.717) is 35.4 Å². The molecule has 0 spiro atoms. The van der Waals surface area contributed by atoms with Crippen molar-refractivity contribution in [1.82, 2.24) is 4.98 Å². The van der Waals surface area contributed by atoms with Crippen LogP contribution in [0.25, 0.3) is 16.0 Å². The van der Waals surface area contributed by atoms with Gasteiger partial charge in [0.15, 0.2) is 0 Å². The summed E-state index contributed by atoms with van der Waals surface area (Å²) in [4.78, 5) is 24.3. The van der Waals surface area contributed by atoms with E-state index < -0.39 is 0 Å². The Bertz CT molecular complexity index is 1510. The molecular formula is C33H35FN4OS. The number of amides is 1. The lowest BCUT2D eigenvalue weighted by atomic mass is 9.94. The number of aromatic nitrogens is 1. The molecule has 1 amide bonds. The molecule has 7 heteroatoms. The van der Waals surface area contributed by atoms with Gasteiger partial charge in [0.05, 0.1) is 17.8 Å². The molecule has 0 aliphatic carbocycles. The van der Waals surface area contributed by atoms with Crippen LogP contribution in [-0.4, -0.2) is 17.1 Å². The zero-order chi connectivity index (χ0) is 28.6. The van der Waals surface area contributed by atoms with Crippen LogP contribution in [0.3, 0.4) is 0 Å². The molecule has 2 N–H and O–H groups in total. The molecule has 0 unspecified atom stereocenters. The first-order chi connectivity index (χ1) is 19.2. The summed E-state index contributed by atoms with van der Waals surface area (Å²) in [5.74, 6) is 0.535. The highest BCUT2D eigenvalue weighted by Crippen LogP contribution is 2.36. The Morgan fingerprint density at radius 2 is 1.85 bits per heavy atom. The van der Waals surface area contributed by atoms with Crippen molar-refractivity contribution in [3.05, 3.63) is 101 Å². The van der Waals surface area contributed by atoms with Crippen molar-refractivity contribution in [2.24, 2.45) is 16.8 Å². The van der Waals surface area contributed by atoms with Gasteiger partial charge < -0.3 is 10.6 Å². The van der Waals surface area contributed by atoms with Crippen LogP contribution in [0.1, 0.15) is 54.9 Å². The number of allylic oxidation sites excluding steroid dienone is 1. The van der Waals surface area contributed by atoms with Crippen molar-refractivity contribution in [1.29, 1.82) is 0 Å². The van der Waals surface area contributed by atoms with Crippen LogP contribution in [-0.2, 0) is 6.54 Å². The molecule has 40 heavy (non-hydrogen) atoms. The van der Waals surface area contributed by atoms with E-state index in [2.05, 4.69) is 80.2 Å². The summed E-state index contributed by atoms with van der Waals surface area (Å²) in [7, 11) is 0. The first kappa shape index (κ1) is 28.9. The van der Waals surface area contributed by atoms with Crippen LogP contribution in [0.5, 0.6) is 0 Å². The van der Waals surface area contributed by atoms with Crippen LogP contribution in [0.4, 0.5) is 21.6 Å². The summed E-state index contributed by atoms with van der Waals surface area (Å²) in [5, 5.41) is 6.10. The van der Waals surface area contributed by atoms with Crippen molar-refractivity contribution in [3.8, 4) is 10.4 Å². The van der Waals surface area contributed by atoms with Crippen molar-refractivity contribution in [2.75, 3.05) is 10.6 Å². The van der Waals surface area contributed by atoms with Crippen molar-refractivity contribution >= 4 is 46.2 Å². The summed E-state index contributed by atoms with van der Waals surface area (Å²) in [5.41, 5.74) is 5.13. The first-order valence-corrected chi connectivity index (χ1v) is 14.3. The van der Waals surface area contributed by atoms with Gasteiger partial charge in [0.1, 0.15) is 11.6 Å². The molecule has 5 nitrogen and oxygen atoms in total. The highest BCUT2D eigenvalue weighted by molar-refractivity contribution is 7.15. The molecule has 4 aromatic rings. The fraction of sp³-hybridized carbons (Fsp3) is 0.242.